The van der Waals surface area contributed by atoms with Gasteiger partial charge in [-0.2, -0.15) is 0 Å². The molecule has 6 nitrogen and oxygen atoms in total. The van der Waals surface area contributed by atoms with E-state index in [1.807, 2.05) is 29.1 Å². The monoisotopic (exact) mass is 365 g/mol. The number of H-pyrrole nitrogens is 1. The van der Waals surface area contributed by atoms with Crippen LogP contribution in [0.2, 0.25) is 0 Å². The molecule has 0 saturated carbocycles. The number of hydrazine groups is 1. The summed E-state index contributed by atoms with van der Waals surface area (Å²) >= 11 is 0. The van der Waals surface area contributed by atoms with Crippen LogP contribution in [0.25, 0.3) is 10.9 Å². The molecule has 1 aromatic heterocycles. The summed E-state index contributed by atoms with van der Waals surface area (Å²) in [7, 11) is -4.21. The van der Waals surface area contributed by atoms with Crippen LogP contribution in [0.1, 0.15) is 5.56 Å². The summed E-state index contributed by atoms with van der Waals surface area (Å²) in [6.45, 7) is 0. The number of para-hydroxylation sites is 1. The summed E-state index contributed by atoms with van der Waals surface area (Å²) in [6, 6.07) is 9.47. The number of hydrogen-bond acceptors (Lipinski definition) is 3. The second-order valence-electron chi connectivity index (χ2n) is 5.27. The number of aromatic amines is 1. The van der Waals surface area contributed by atoms with Crippen LogP contribution >= 0.6 is 0 Å². The molecule has 0 saturated heterocycles. The largest absolute Gasteiger partial charge is 0.361 e. The molecule has 0 radical (unpaired) electrons. The van der Waals surface area contributed by atoms with Crippen molar-refractivity contribution in [2.45, 2.75) is 11.3 Å². The summed E-state index contributed by atoms with van der Waals surface area (Å²) in [5, 5.41) is 0.848. The number of carbonyl (C=O) groups is 1. The van der Waals surface area contributed by atoms with Gasteiger partial charge in [0.2, 0.25) is 5.91 Å². The van der Waals surface area contributed by atoms with E-state index in [0.717, 1.165) is 17.0 Å². The van der Waals surface area contributed by atoms with E-state index >= 15 is 0 Å². The molecule has 3 rings (SSSR count). The van der Waals surface area contributed by atoms with E-state index in [9.17, 15) is 22.0 Å². The molecule has 0 atom stereocenters. The van der Waals surface area contributed by atoms with Crippen molar-refractivity contribution in [2.75, 3.05) is 0 Å². The lowest BCUT2D eigenvalue weighted by Gasteiger charge is -2.08. The molecule has 0 unspecified atom stereocenters. The number of halogens is 2. The van der Waals surface area contributed by atoms with Crippen molar-refractivity contribution in [3.05, 3.63) is 65.9 Å². The standard InChI is InChI=1S/C16H13F2N3O3S/c17-13-6-5-11(8-14(13)18)25(23,24)21-20-16(22)7-10-9-19-15-4-2-1-3-12(10)15/h1-6,8-9,19,21H,7H2,(H,20,22). The van der Waals surface area contributed by atoms with Gasteiger partial charge in [-0.25, -0.2) is 17.2 Å². The molecule has 0 bridgehead atoms. The van der Waals surface area contributed by atoms with Crippen LogP contribution in [0.5, 0.6) is 0 Å². The number of aromatic nitrogens is 1. The Morgan fingerprint density at radius 3 is 2.60 bits per heavy atom. The number of benzene rings is 2. The van der Waals surface area contributed by atoms with Gasteiger partial charge in [0, 0.05) is 17.1 Å². The van der Waals surface area contributed by atoms with Crippen molar-refractivity contribution < 1.29 is 22.0 Å². The Labute approximate surface area is 141 Å². The maximum atomic E-state index is 13.2. The van der Waals surface area contributed by atoms with E-state index < -0.39 is 32.5 Å². The molecule has 25 heavy (non-hydrogen) atoms. The second-order valence-corrected chi connectivity index (χ2v) is 6.95. The summed E-state index contributed by atoms with van der Waals surface area (Å²) in [5.41, 5.74) is 3.60. The lowest BCUT2D eigenvalue weighted by Crippen LogP contribution is -2.42. The highest BCUT2D eigenvalue weighted by Gasteiger charge is 2.18. The third-order valence-electron chi connectivity index (χ3n) is 3.55. The highest BCUT2D eigenvalue weighted by Crippen LogP contribution is 2.18. The van der Waals surface area contributed by atoms with Crippen LogP contribution in [0.4, 0.5) is 8.78 Å². The molecule has 0 spiro atoms. The Hall–Kier alpha value is -2.78. The number of rotatable bonds is 5. The van der Waals surface area contributed by atoms with Crippen molar-refractivity contribution >= 4 is 26.8 Å². The molecule has 9 heteroatoms. The Kier molecular flexibility index (Phi) is 4.51. The number of fused-ring (bicyclic) bond motifs is 1. The second kappa shape index (κ2) is 6.61. The molecule has 1 heterocycles. The topological polar surface area (TPSA) is 91.1 Å². The summed E-state index contributed by atoms with van der Waals surface area (Å²) in [6.07, 6.45) is 1.60. The number of sulfonamides is 1. The van der Waals surface area contributed by atoms with Gasteiger partial charge in [-0.3, -0.25) is 10.2 Å². The molecule has 0 aliphatic heterocycles. The molecule has 130 valence electrons. The zero-order valence-electron chi connectivity index (χ0n) is 12.7. The fraction of sp³-hybridized carbons (Fsp3) is 0.0625. The van der Waals surface area contributed by atoms with Crippen LogP contribution in [0, 0.1) is 11.6 Å². The van der Waals surface area contributed by atoms with Gasteiger partial charge in [0.1, 0.15) is 0 Å². The lowest BCUT2D eigenvalue weighted by molar-refractivity contribution is -0.120. The van der Waals surface area contributed by atoms with E-state index in [1.165, 1.54) is 0 Å². The van der Waals surface area contributed by atoms with E-state index in [4.69, 9.17) is 0 Å². The zero-order valence-corrected chi connectivity index (χ0v) is 13.5. The van der Waals surface area contributed by atoms with Gasteiger partial charge in [-0.05, 0) is 29.8 Å². The average Bonchev–Trinajstić information content (AvgIpc) is 2.99. The van der Waals surface area contributed by atoms with Gasteiger partial charge in [-0.1, -0.05) is 18.2 Å². The first-order valence-corrected chi connectivity index (χ1v) is 8.66. The molecule has 1 amide bonds. The average molecular weight is 365 g/mol. The molecular formula is C16H13F2N3O3S. The molecule has 0 fully saturated rings. The van der Waals surface area contributed by atoms with Gasteiger partial charge in [0.05, 0.1) is 11.3 Å². The maximum absolute atomic E-state index is 13.2. The lowest BCUT2D eigenvalue weighted by atomic mass is 10.1. The van der Waals surface area contributed by atoms with Gasteiger partial charge >= 0.3 is 0 Å². The minimum absolute atomic E-state index is 0.0652. The van der Waals surface area contributed by atoms with Crippen molar-refractivity contribution in [3.8, 4) is 0 Å². The number of carbonyl (C=O) groups excluding carboxylic acids is 1. The third-order valence-corrected chi connectivity index (χ3v) is 4.80. The van der Waals surface area contributed by atoms with E-state index in [1.54, 1.807) is 6.20 Å². The van der Waals surface area contributed by atoms with E-state index in [-0.39, 0.29) is 6.42 Å². The molecule has 3 aromatic rings. The van der Waals surface area contributed by atoms with Crippen molar-refractivity contribution in [1.82, 2.24) is 15.2 Å². The van der Waals surface area contributed by atoms with Crippen molar-refractivity contribution in [1.29, 1.82) is 0 Å². The smallest absolute Gasteiger partial charge is 0.257 e. The van der Waals surface area contributed by atoms with Crippen molar-refractivity contribution in [3.63, 3.8) is 0 Å². The molecule has 3 N–H and O–H groups in total. The Morgan fingerprint density at radius 1 is 1.08 bits per heavy atom. The third kappa shape index (κ3) is 3.67. The number of hydrogen-bond donors (Lipinski definition) is 3. The Morgan fingerprint density at radius 2 is 1.84 bits per heavy atom. The van der Waals surface area contributed by atoms with Crippen LogP contribution in [-0.4, -0.2) is 19.3 Å². The van der Waals surface area contributed by atoms with E-state index in [0.29, 0.717) is 17.7 Å². The number of amides is 1. The first kappa shape index (κ1) is 17.1. The van der Waals surface area contributed by atoms with Gasteiger partial charge in [0.25, 0.3) is 10.0 Å². The first-order chi connectivity index (χ1) is 11.9. The predicted octanol–water partition coefficient (Wildman–Crippen LogP) is 2.00. The van der Waals surface area contributed by atoms with Gasteiger partial charge in [0.15, 0.2) is 11.6 Å². The minimum atomic E-state index is -4.21. The van der Waals surface area contributed by atoms with Gasteiger partial charge < -0.3 is 4.98 Å². The summed E-state index contributed by atoms with van der Waals surface area (Å²) in [5.74, 6) is -3.06. The highest BCUT2D eigenvalue weighted by molar-refractivity contribution is 7.89. The fourth-order valence-electron chi connectivity index (χ4n) is 2.32. The van der Waals surface area contributed by atoms with Gasteiger partial charge in [-0.15, -0.1) is 4.83 Å². The maximum Gasteiger partial charge on any atom is 0.257 e. The zero-order chi connectivity index (χ0) is 18.0. The molecular weight excluding hydrogens is 352 g/mol. The van der Waals surface area contributed by atoms with Crippen LogP contribution in [0.3, 0.4) is 0 Å². The van der Waals surface area contributed by atoms with Crippen LogP contribution in [0.15, 0.2) is 53.6 Å². The summed E-state index contributed by atoms with van der Waals surface area (Å²) < 4.78 is 50.0. The Balaban J connectivity index is 1.68. The first-order valence-electron chi connectivity index (χ1n) is 7.17. The minimum Gasteiger partial charge on any atom is -0.361 e. The normalized spacial score (nSPS) is 11.6. The quantitative estimate of drug-likeness (QED) is 0.604. The highest BCUT2D eigenvalue weighted by atomic mass is 32.2. The van der Waals surface area contributed by atoms with E-state index in [2.05, 4.69) is 10.4 Å². The van der Waals surface area contributed by atoms with Crippen molar-refractivity contribution in [2.24, 2.45) is 0 Å². The molecule has 0 aliphatic carbocycles. The molecule has 2 aromatic carbocycles. The SMILES string of the molecule is O=C(Cc1c[nH]c2ccccc12)NNS(=O)(=O)c1ccc(F)c(F)c1. The summed E-state index contributed by atoms with van der Waals surface area (Å²) in [4.78, 5) is 16.3. The predicted molar refractivity (Wildman–Crippen MR) is 86.8 cm³/mol. The molecule has 0 aliphatic rings. The van der Waals surface area contributed by atoms with Crippen LogP contribution in [-0.2, 0) is 21.2 Å². The Bertz CT molecular complexity index is 1050. The number of nitrogens with one attached hydrogen (secondary N) is 3. The van der Waals surface area contributed by atoms with Crippen LogP contribution < -0.4 is 10.3 Å². The fourth-order valence-corrected chi connectivity index (χ4v) is 3.19.